The standard InChI is InChI=1S/C19H24Cl2N4O3S/c1-3-4-7-22-18(26)16-12-29-17(24-16)11-25(8-9-28-2)19(27)23-13-5-6-14(20)15(21)10-13/h5-6,10,12H,3-4,7-9,11H2,1-2H3,(H,22,26)(H,23,27). The van der Waals surface area contributed by atoms with E-state index in [1.807, 2.05) is 0 Å². The van der Waals surface area contributed by atoms with Crippen LogP contribution >= 0.6 is 34.5 Å². The SMILES string of the molecule is CCCCNC(=O)c1csc(CN(CCOC)C(=O)Nc2ccc(Cl)c(Cl)c2)n1. The molecule has 1 heterocycles. The molecule has 0 aliphatic heterocycles. The molecule has 0 saturated carbocycles. The Labute approximate surface area is 184 Å². The molecule has 3 amide bonds. The molecule has 0 bridgehead atoms. The number of hydrogen-bond donors (Lipinski definition) is 2. The maximum absolute atomic E-state index is 12.7. The summed E-state index contributed by atoms with van der Waals surface area (Å²) in [6.45, 7) is 3.66. The Kier molecular flexibility index (Phi) is 9.66. The van der Waals surface area contributed by atoms with E-state index in [1.54, 1.807) is 35.6 Å². The lowest BCUT2D eigenvalue weighted by atomic mass is 10.3. The molecule has 0 radical (unpaired) electrons. The van der Waals surface area contributed by atoms with Crippen molar-refractivity contribution in [3.8, 4) is 0 Å². The molecule has 0 fully saturated rings. The Hall–Kier alpha value is -1.87. The number of ether oxygens (including phenoxy) is 1. The van der Waals surface area contributed by atoms with Crippen LogP contribution < -0.4 is 10.6 Å². The third-order valence-electron chi connectivity index (χ3n) is 3.95. The number of nitrogens with one attached hydrogen (secondary N) is 2. The van der Waals surface area contributed by atoms with Gasteiger partial charge in [-0.2, -0.15) is 0 Å². The maximum Gasteiger partial charge on any atom is 0.322 e. The van der Waals surface area contributed by atoms with Crippen LogP contribution in [0.5, 0.6) is 0 Å². The lowest BCUT2D eigenvalue weighted by Gasteiger charge is -2.22. The van der Waals surface area contributed by atoms with E-state index in [9.17, 15) is 9.59 Å². The molecule has 0 spiro atoms. The third kappa shape index (κ3) is 7.47. The van der Waals surface area contributed by atoms with Crippen LogP contribution in [0.2, 0.25) is 10.0 Å². The van der Waals surface area contributed by atoms with E-state index in [0.29, 0.717) is 46.1 Å². The second-order valence-corrected chi connectivity index (χ2v) is 7.97. The number of carbonyl (C=O) groups is 2. The van der Waals surface area contributed by atoms with Crippen LogP contribution in [-0.2, 0) is 11.3 Å². The molecule has 0 saturated heterocycles. The third-order valence-corrected chi connectivity index (χ3v) is 5.52. The minimum Gasteiger partial charge on any atom is -0.383 e. The molecule has 0 aliphatic carbocycles. The summed E-state index contributed by atoms with van der Waals surface area (Å²) in [5.74, 6) is -0.204. The van der Waals surface area contributed by atoms with Gasteiger partial charge in [-0.05, 0) is 24.6 Å². The second kappa shape index (κ2) is 12.0. The fourth-order valence-corrected chi connectivity index (χ4v) is 3.44. The van der Waals surface area contributed by atoms with Crippen LogP contribution in [0.15, 0.2) is 23.6 Å². The summed E-state index contributed by atoms with van der Waals surface area (Å²) in [6, 6.07) is 4.54. The first-order chi connectivity index (χ1) is 13.9. The van der Waals surface area contributed by atoms with Gasteiger partial charge in [-0.3, -0.25) is 4.79 Å². The fourth-order valence-electron chi connectivity index (χ4n) is 2.35. The molecular weight excluding hydrogens is 435 g/mol. The molecule has 0 unspecified atom stereocenters. The number of urea groups is 1. The van der Waals surface area contributed by atoms with E-state index in [4.69, 9.17) is 27.9 Å². The molecule has 29 heavy (non-hydrogen) atoms. The van der Waals surface area contributed by atoms with Gasteiger partial charge in [0.1, 0.15) is 10.7 Å². The average molecular weight is 459 g/mol. The quantitative estimate of drug-likeness (QED) is 0.507. The highest BCUT2D eigenvalue weighted by Gasteiger charge is 2.18. The summed E-state index contributed by atoms with van der Waals surface area (Å²) < 4.78 is 5.10. The van der Waals surface area contributed by atoms with Gasteiger partial charge >= 0.3 is 6.03 Å². The maximum atomic E-state index is 12.7. The van der Waals surface area contributed by atoms with Crippen LogP contribution in [0.25, 0.3) is 0 Å². The van der Waals surface area contributed by atoms with Crippen LogP contribution in [0.3, 0.4) is 0 Å². The lowest BCUT2D eigenvalue weighted by Crippen LogP contribution is -2.36. The van der Waals surface area contributed by atoms with Crippen molar-refractivity contribution in [2.24, 2.45) is 0 Å². The molecular formula is C19H24Cl2N4O3S. The number of aromatic nitrogens is 1. The number of benzene rings is 1. The highest BCUT2D eigenvalue weighted by Crippen LogP contribution is 2.25. The van der Waals surface area contributed by atoms with Crippen LogP contribution in [0.1, 0.15) is 35.3 Å². The molecule has 2 rings (SSSR count). The molecule has 1 aromatic carbocycles. The van der Waals surface area contributed by atoms with Gasteiger partial charge in [0.05, 0.1) is 23.2 Å². The number of anilines is 1. The highest BCUT2D eigenvalue weighted by atomic mass is 35.5. The van der Waals surface area contributed by atoms with Crippen molar-refractivity contribution in [3.63, 3.8) is 0 Å². The number of unbranched alkanes of at least 4 members (excludes halogenated alkanes) is 1. The van der Waals surface area contributed by atoms with Crippen molar-refractivity contribution in [3.05, 3.63) is 44.3 Å². The normalized spacial score (nSPS) is 10.6. The number of rotatable bonds is 10. The van der Waals surface area contributed by atoms with Crippen molar-refractivity contribution in [2.75, 3.05) is 32.1 Å². The molecule has 2 aromatic rings. The summed E-state index contributed by atoms with van der Waals surface area (Å²) in [5, 5.41) is 8.74. The monoisotopic (exact) mass is 458 g/mol. The highest BCUT2D eigenvalue weighted by molar-refractivity contribution is 7.09. The van der Waals surface area contributed by atoms with Gasteiger partial charge in [0.15, 0.2) is 0 Å². The molecule has 1 aromatic heterocycles. The van der Waals surface area contributed by atoms with E-state index in [2.05, 4.69) is 22.5 Å². The van der Waals surface area contributed by atoms with Gasteiger partial charge in [0, 0.05) is 31.3 Å². The summed E-state index contributed by atoms with van der Waals surface area (Å²) in [7, 11) is 1.57. The van der Waals surface area contributed by atoms with Gasteiger partial charge in [0.2, 0.25) is 0 Å². The Morgan fingerprint density at radius 1 is 1.28 bits per heavy atom. The smallest absolute Gasteiger partial charge is 0.322 e. The number of carbonyl (C=O) groups excluding carboxylic acids is 2. The summed E-state index contributed by atoms with van der Waals surface area (Å²) >= 11 is 13.3. The molecule has 158 valence electrons. The zero-order valence-electron chi connectivity index (χ0n) is 16.3. The fraction of sp³-hybridized carbons (Fsp3) is 0.421. The number of halogens is 2. The minimum absolute atomic E-state index is 0.204. The zero-order chi connectivity index (χ0) is 21.2. The first kappa shape index (κ1) is 23.4. The van der Waals surface area contributed by atoms with Crippen molar-refractivity contribution in [1.82, 2.24) is 15.2 Å². The lowest BCUT2D eigenvalue weighted by molar-refractivity contribution is 0.0948. The molecule has 7 nitrogen and oxygen atoms in total. The molecule has 10 heteroatoms. The van der Waals surface area contributed by atoms with Crippen molar-refractivity contribution >= 4 is 52.2 Å². The first-order valence-electron chi connectivity index (χ1n) is 9.17. The molecule has 2 N–H and O–H groups in total. The van der Waals surface area contributed by atoms with Crippen LogP contribution in [-0.4, -0.2) is 48.6 Å². The molecule has 0 aliphatic rings. The van der Waals surface area contributed by atoms with Gasteiger partial charge in [-0.25, -0.2) is 9.78 Å². The predicted molar refractivity (Wildman–Crippen MR) is 117 cm³/mol. The van der Waals surface area contributed by atoms with E-state index >= 15 is 0 Å². The van der Waals surface area contributed by atoms with E-state index in [0.717, 1.165) is 12.8 Å². The Bertz CT molecular complexity index is 832. The van der Waals surface area contributed by atoms with Crippen molar-refractivity contribution in [1.29, 1.82) is 0 Å². The minimum atomic E-state index is -0.329. The van der Waals surface area contributed by atoms with E-state index in [-0.39, 0.29) is 18.5 Å². The Balaban J connectivity index is 2.03. The average Bonchev–Trinajstić information content (AvgIpc) is 3.16. The van der Waals surface area contributed by atoms with Gasteiger partial charge in [-0.15, -0.1) is 11.3 Å². The number of thiazole rings is 1. The number of hydrogen-bond acceptors (Lipinski definition) is 5. The van der Waals surface area contributed by atoms with Crippen molar-refractivity contribution in [2.45, 2.75) is 26.3 Å². The van der Waals surface area contributed by atoms with Gasteiger partial charge in [0.25, 0.3) is 5.91 Å². The topological polar surface area (TPSA) is 83.6 Å². The summed E-state index contributed by atoms with van der Waals surface area (Å²) in [4.78, 5) is 30.8. The van der Waals surface area contributed by atoms with E-state index < -0.39 is 0 Å². The largest absolute Gasteiger partial charge is 0.383 e. The Morgan fingerprint density at radius 3 is 2.76 bits per heavy atom. The van der Waals surface area contributed by atoms with Crippen molar-refractivity contribution < 1.29 is 14.3 Å². The summed E-state index contributed by atoms with van der Waals surface area (Å²) in [6.07, 6.45) is 1.92. The predicted octanol–water partition coefficient (Wildman–Crippen LogP) is 4.66. The van der Waals surface area contributed by atoms with Crippen LogP contribution in [0, 0.1) is 0 Å². The Morgan fingerprint density at radius 2 is 2.07 bits per heavy atom. The number of nitrogens with zero attached hydrogens (tertiary/aromatic N) is 2. The summed E-state index contributed by atoms with van der Waals surface area (Å²) in [5.41, 5.74) is 0.889. The zero-order valence-corrected chi connectivity index (χ0v) is 18.7. The first-order valence-corrected chi connectivity index (χ1v) is 10.8. The molecule has 0 atom stereocenters. The number of amides is 3. The van der Waals surface area contributed by atoms with Crippen LogP contribution in [0.4, 0.5) is 10.5 Å². The number of methoxy groups -OCH3 is 1. The second-order valence-electron chi connectivity index (χ2n) is 6.21. The van der Waals surface area contributed by atoms with Gasteiger partial charge in [-0.1, -0.05) is 36.5 Å². The van der Waals surface area contributed by atoms with E-state index in [1.165, 1.54) is 11.3 Å². The van der Waals surface area contributed by atoms with Gasteiger partial charge < -0.3 is 20.3 Å².